The maximum Gasteiger partial charge on any atom is 0.230 e. The molecule has 0 atom stereocenters. The number of carbonyl (C=O) groups is 1. The monoisotopic (exact) mass is 460 g/mol. The van der Waals surface area contributed by atoms with Crippen LogP contribution in [0.2, 0.25) is 5.02 Å². The summed E-state index contributed by atoms with van der Waals surface area (Å²) in [4.78, 5) is 25.1. The van der Waals surface area contributed by atoms with Crippen LogP contribution in [0, 0.1) is 12.3 Å². The molecule has 0 aliphatic carbocycles. The number of amides is 1. The van der Waals surface area contributed by atoms with Crippen LogP contribution in [-0.4, -0.2) is 75.2 Å². The minimum Gasteiger partial charge on any atom is -0.369 e. The van der Waals surface area contributed by atoms with E-state index in [0.717, 1.165) is 56.8 Å². The van der Waals surface area contributed by atoms with Crippen molar-refractivity contribution in [2.75, 3.05) is 50.4 Å². The maximum absolute atomic E-state index is 12.0. The largest absolute Gasteiger partial charge is 0.369 e. The van der Waals surface area contributed by atoms with E-state index < -0.39 is 0 Å². The number of hydrogen-bond acceptors (Lipinski definition) is 7. The van der Waals surface area contributed by atoms with Crippen LogP contribution in [0.1, 0.15) is 44.8 Å². The lowest BCUT2D eigenvalue weighted by Gasteiger charge is -2.44. The SMILES string of the molecule is Cc1nn(C2CCN(C)CC2)cc1Nc1ncc(Cl)c(NCCCN2CC(C)(C)C2=O)n1. The topological polar surface area (TPSA) is 91.2 Å². The van der Waals surface area contributed by atoms with E-state index in [1.54, 1.807) is 6.20 Å². The highest BCUT2D eigenvalue weighted by molar-refractivity contribution is 6.32. The van der Waals surface area contributed by atoms with E-state index in [9.17, 15) is 4.79 Å². The fraction of sp³-hybridized carbons (Fsp3) is 0.636. The average molecular weight is 461 g/mol. The van der Waals surface area contributed by atoms with Crippen molar-refractivity contribution in [3.05, 3.63) is 23.1 Å². The number of rotatable bonds is 8. The number of aromatic nitrogens is 4. The molecule has 174 valence electrons. The maximum atomic E-state index is 12.0. The second kappa shape index (κ2) is 9.23. The van der Waals surface area contributed by atoms with Crippen molar-refractivity contribution in [1.82, 2.24) is 29.5 Å². The lowest BCUT2D eigenvalue weighted by Crippen LogP contribution is -2.58. The molecule has 32 heavy (non-hydrogen) atoms. The molecule has 1 amide bonds. The van der Waals surface area contributed by atoms with Gasteiger partial charge in [-0.2, -0.15) is 10.1 Å². The molecule has 2 aliphatic rings. The van der Waals surface area contributed by atoms with E-state index in [1.165, 1.54) is 0 Å². The van der Waals surface area contributed by atoms with E-state index in [1.807, 2.05) is 31.9 Å². The molecule has 4 rings (SSSR count). The van der Waals surface area contributed by atoms with Gasteiger partial charge in [-0.1, -0.05) is 11.6 Å². The fourth-order valence-electron chi connectivity index (χ4n) is 4.33. The van der Waals surface area contributed by atoms with Gasteiger partial charge in [0.15, 0.2) is 0 Å². The van der Waals surface area contributed by atoms with Crippen LogP contribution >= 0.6 is 11.6 Å². The molecule has 0 bridgehead atoms. The van der Waals surface area contributed by atoms with Gasteiger partial charge in [0.1, 0.15) is 10.8 Å². The van der Waals surface area contributed by atoms with Crippen molar-refractivity contribution >= 4 is 35.0 Å². The van der Waals surface area contributed by atoms with Crippen LogP contribution < -0.4 is 10.6 Å². The zero-order valence-electron chi connectivity index (χ0n) is 19.4. The van der Waals surface area contributed by atoms with Crippen LogP contribution in [0.4, 0.5) is 17.5 Å². The lowest BCUT2D eigenvalue weighted by molar-refractivity contribution is -0.156. The van der Waals surface area contributed by atoms with E-state index in [2.05, 4.69) is 37.2 Å². The van der Waals surface area contributed by atoms with E-state index in [-0.39, 0.29) is 11.3 Å². The van der Waals surface area contributed by atoms with Crippen molar-refractivity contribution in [1.29, 1.82) is 0 Å². The average Bonchev–Trinajstić information content (AvgIpc) is 3.12. The molecule has 0 spiro atoms. The standard InChI is InChI=1S/C22H33ClN8O/c1-15-18(13-31(28-15)16-6-10-29(4)11-7-16)26-21-25-12-17(23)19(27-21)24-8-5-9-30-14-22(2,3)20(30)32/h12-13,16H,5-11,14H2,1-4H3,(H2,24,25,26,27). The summed E-state index contributed by atoms with van der Waals surface area (Å²) in [6.45, 7) is 10.4. The molecule has 0 radical (unpaired) electrons. The number of anilines is 3. The quantitative estimate of drug-likeness (QED) is 0.461. The number of aryl methyl sites for hydroxylation is 1. The summed E-state index contributed by atoms with van der Waals surface area (Å²) in [5.41, 5.74) is 1.61. The molecule has 0 unspecified atom stereocenters. The van der Waals surface area contributed by atoms with E-state index >= 15 is 0 Å². The van der Waals surface area contributed by atoms with Crippen molar-refractivity contribution in [2.45, 2.75) is 46.1 Å². The van der Waals surface area contributed by atoms with Gasteiger partial charge < -0.3 is 20.4 Å². The van der Waals surface area contributed by atoms with Gasteiger partial charge >= 0.3 is 0 Å². The Hall–Kier alpha value is -2.39. The van der Waals surface area contributed by atoms with Crippen LogP contribution in [-0.2, 0) is 4.79 Å². The van der Waals surface area contributed by atoms with Crippen LogP contribution in [0.15, 0.2) is 12.4 Å². The minimum atomic E-state index is -0.205. The molecule has 2 aliphatic heterocycles. The Morgan fingerprint density at radius 2 is 2.03 bits per heavy atom. The third-order valence-electron chi connectivity index (χ3n) is 6.32. The summed E-state index contributed by atoms with van der Waals surface area (Å²) in [7, 11) is 2.16. The molecule has 9 nitrogen and oxygen atoms in total. The molecule has 10 heteroatoms. The third-order valence-corrected chi connectivity index (χ3v) is 6.60. The van der Waals surface area contributed by atoms with Gasteiger partial charge in [0, 0.05) is 25.8 Å². The fourth-order valence-corrected chi connectivity index (χ4v) is 4.49. The second-order valence-corrected chi connectivity index (χ2v) is 9.96. The van der Waals surface area contributed by atoms with Crippen molar-refractivity contribution in [3.8, 4) is 0 Å². The van der Waals surface area contributed by atoms with Crippen LogP contribution in [0.5, 0.6) is 0 Å². The Labute approximate surface area is 194 Å². The predicted octanol–water partition coefficient (Wildman–Crippen LogP) is 3.32. The highest BCUT2D eigenvalue weighted by atomic mass is 35.5. The summed E-state index contributed by atoms with van der Waals surface area (Å²) >= 11 is 6.29. The molecule has 2 aromatic heterocycles. The normalized spacial score (nSPS) is 19.2. The first kappa shape index (κ1) is 22.8. The number of piperidine rings is 1. The molecule has 2 fully saturated rings. The predicted molar refractivity (Wildman–Crippen MR) is 127 cm³/mol. The Bertz CT molecular complexity index is 967. The molecule has 2 N–H and O–H groups in total. The van der Waals surface area contributed by atoms with Crippen molar-refractivity contribution < 1.29 is 4.79 Å². The minimum absolute atomic E-state index is 0.205. The summed E-state index contributed by atoms with van der Waals surface area (Å²) in [6.07, 6.45) is 6.67. The Balaban J connectivity index is 1.32. The highest BCUT2D eigenvalue weighted by Crippen LogP contribution is 2.30. The summed E-state index contributed by atoms with van der Waals surface area (Å²) < 4.78 is 2.07. The molecular weight excluding hydrogens is 428 g/mol. The number of likely N-dealkylation sites (tertiary alicyclic amines) is 2. The highest BCUT2D eigenvalue weighted by Gasteiger charge is 2.43. The summed E-state index contributed by atoms with van der Waals surface area (Å²) in [6, 6.07) is 0.424. The number of nitrogens with zero attached hydrogens (tertiary/aromatic N) is 6. The number of halogens is 1. The molecule has 0 aromatic carbocycles. The van der Waals surface area contributed by atoms with Gasteiger partial charge in [0.05, 0.1) is 29.0 Å². The molecule has 0 saturated carbocycles. The number of carbonyl (C=O) groups excluding carboxylic acids is 1. The van der Waals surface area contributed by atoms with Gasteiger partial charge in [-0.15, -0.1) is 0 Å². The molecule has 2 saturated heterocycles. The zero-order chi connectivity index (χ0) is 22.9. The number of β-lactam (4-membered cyclic amide) rings is 1. The van der Waals surface area contributed by atoms with Crippen molar-refractivity contribution in [2.24, 2.45) is 5.41 Å². The van der Waals surface area contributed by atoms with Crippen LogP contribution in [0.3, 0.4) is 0 Å². The zero-order valence-corrected chi connectivity index (χ0v) is 20.1. The van der Waals surface area contributed by atoms with Gasteiger partial charge in [0.2, 0.25) is 11.9 Å². The number of hydrogen-bond donors (Lipinski definition) is 2. The van der Waals surface area contributed by atoms with Gasteiger partial charge in [-0.05, 0) is 60.2 Å². The van der Waals surface area contributed by atoms with E-state index in [0.29, 0.717) is 29.4 Å². The van der Waals surface area contributed by atoms with Gasteiger partial charge in [-0.25, -0.2) is 4.98 Å². The third kappa shape index (κ3) is 4.99. The Morgan fingerprint density at radius 1 is 1.28 bits per heavy atom. The first-order valence-corrected chi connectivity index (χ1v) is 11.7. The second-order valence-electron chi connectivity index (χ2n) is 9.55. The van der Waals surface area contributed by atoms with Gasteiger partial charge in [-0.3, -0.25) is 9.48 Å². The van der Waals surface area contributed by atoms with Crippen LogP contribution in [0.25, 0.3) is 0 Å². The van der Waals surface area contributed by atoms with Crippen molar-refractivity contribution in [3.63, 3.8) is 0 Å². The summed E-state index contributed by atoms with van der Waals surface area (Å²) in [5, 5.41) is 11.7. The molecular formula is C22H33ClN8O. The lowest BCUT2D eigenvalue weighted by atomic mass is 9.83. The van der Waals surface area contributed by atoms with E-state index in [4.69, 9.17) is 16.7 Å². The first-order chi connectivity index (χ1) is 15.2. The Morgan fingerprint density at radius 3 is 2.72 bits per heavy atom. The molecule has 4 heterocycles. The number of nitrogens with one attached hydrogen (secondary N) is 2. The molecule has 2 aromatic rings. The van der Waals surface area contributed by atoms with Gasteiger partial charge in [0.25, 0.3) is 0 Å². The first-order valence-electron chi connectivity index (χ1n) is 11.3. The summed E-state index contributed by atoms with van der Waals surface area (Å²) in [5.74, 6) is 1.28. The Kier molecular flexibility index (Phi) is 6.57. The smallest absolute Gasteiger partial charge is 0.230 e.